The fraction of sp³-hybridized carbons (Fsp3) is 0.933. The molecule has 0 aliphatic heterocycles. The molecule has 0 amide bonds. The van der Waals surface area contributed by atoms with Crippen LogP contribution in [0, 0.1) is 0 Å². The normalized spacial score (nSPS) is 12.4. The minimum absolute atomic E-state index is 0.143. The molecule has 1 unspecified atom stereocenters. The third kappa shape index (κ3) is 11.9. The van der Waals surface area contributed by atoms with E-state index in [0.29, 0.717) is 13.0 Å². The van der Waals surface area contributed by atoms with E-state index in [9.17, 15) is 9.90 Å². The summed E-state index contributed by atoms with van der Waals surface area (Å²) in [5, 5.41) is 9.62. The third-order valence-corrected chi connectivity index (χ3v) is 3.10. The summed E-state index contributed by atoms with van der Waals surface area (Å²) < 4.78 is 4.80. The van der Waals surface area contributed by atoms with Crippen molar-refractivity contribution in [3.05, 3.63) is 0 Å². The zero-order valence-corrected chi connectivity index (χ0v) is 12.1. The number of ether oxygens (including phenoxy) is 1. The second-order valence-corrected chi connectivity index (χ2v) is 4.93. The molecule has 1 atom stereocenters. The van der Waals surface area contributed by atoms with E-state index in [4.69, 9.17) is 4.74 Å². The fourth-order valence-corrected chi connectivity index (χ4v) is 2.03. The molecule has 0 rings (SSSR count). The van der Waals surface area contributed by atoms with Gasteiger partial charge in [-0.15, -0.1) is 0 Å². The van der Waals surface area contributed by atoms with Crippen molar-refractivity contribution >= 4 is 5.97 Å². The highest BCUT2D eigenvalue weighted by molar-refractivity contribution is 5.69. The molecule has 0 bridgehead atoms. The topological polar surface area (TPSA) is 46.5 Å². The van der Waals surface area contributed by atoms with Crippen molar-refractivity contribution in [2.24, 2.45) is 0 Å². The molecule has 0 saturated heterocycles. The number of unbranched alkanes of at least 4 members (excludes halogenated alkanes) is 7. The Kier molecular flexibility index (Phi) is 12.5. The van der Waals surface area contributed by atoms with Crippen LogP contribution in [0.5, 0.6) is 0 Å². The largest absolute Gasteiger partial charge is 0.466 e. The highest BCUT2D eigenvalue weighted by Gasteiger charge is 2.10. The molecule has 0 spiro atoms. The summed E-state index contributed by atoms with van der Waals surface area (Å²) in [6, 6.07) is 0. The quantitative estimate of drug-likeness (QED) is 0.427. The Labute approximate surface area is 112 Å². The number of carbonyl (C=O) groups excluding carboxylic acids is 1. The Morgan fingerprint density at radius 3 is 2.11 bits per heavy atom. The molecule has 1 N–H and O–H groups in total. The molecular weight excluding hydrogens is 228 g/mol. The third-order valence-electron chi connectivity index (χ3n) is 3.10. The Morgan fingerprint density at radius 1 is 1.00 bits per heavy atom. The zero-order chi connectivity index (χ0) is 13.6. The number of esters is 1. The van der Waals surface area contributed by atoms with Crippen molar-refractivity contribution in [3.8, 4) is 0 Å². The molecule has 0 aromatic carbocycles. The van der Waals surface area contributed by atoms with Crippen LogP contribution in [0.25, 0.3) is 0 Å². The lowest BCUT2D eigenvalue weighted by molar-refractivity contribution is -0.145. The van der Waals surface area contributed by atoms with Gasteiger partial charge in [-0.1, -0.05) is 58.3 Å². The lowest BCUT2D eigenvalue weighted by atomic mass is 10.0. The van der Waals surface area contributed by atoms with Crippen molar-refractivity contribution in [3.63, 3.8) is 0 Å². The Morgan fingerprint density at radius 2 is 1.56 bits per heavy atom. The highest BCUT2D eigenvalue weighted by atomic mass is 16.5. The van der Waals surface area contributed by atoms with Crippen LogP contribution in [0.15, 0.2) is 0 Å². The first-order chi connectivity index (χ1) is 8.70. The summed E-state index contributed by atoms with van der Waals surface area (Å²) in [5.74, 6) is -0.287. The number of hydrogen-bond acceptors (Lipinski definition) is 3. The van der Waals surface area contributed by atoms with Crippen molar-refractivity contribution in [1.82, 2.24) is 0 Å². The van der Waals surface area contributed by atoms with Gasteiger partial charge in [0.1, 0.15) is 0 Å². The van der Waals surface area contributed by atoms with E-state index >= 15 is 0 Å². The molecule has 3 heteroatoms. The van der Waals surface area contributed by atoms with Gasteiger partial charge < -0.3 is 9.84 Å². The van der Waals surface area contributed by atoms with E-state index in [1.54, 1.807) is 6.92 Å². The molecule has 0 saturated carbocycles. The van der Waals surface area contributed by atoms with Crippen LogP contribution in [0.2, 0.25) is 0 Å². The lowest BCUT2D eigenvalue weighted by Crippen LogP contribution is -2.15. The van der Waals surface area contributed by atoms with Crippen LogP contribution in [0.3, 0.4) is 0 Å². The fourth-order valence-electron chi connectivity index (χ4n) is 2.03. The van der Waals surface area contributed by atoms with Gasteiger partial charge in [0.2, 0.25) is 0 Å². The molecule has 0 aromatic rings. The van der Waals surface area contributed by atoms with Crippen LogP contribution < -0.4 is 0 Å². The van der Waals surface area contributed by atoms with E-state index in [1.807, 2.05) is 0 Å². The van der Waals surface area contributed by atoms with Gasteiger partial charge in [0.05, 0.1) is 19.1 Å². The molecule has 0 aromatic heterocycles. The van der Waals surface area contributed by atoms with Gasteiger partial charge in [-0.3, -0.25) is 4.79 Å². The zero-order valence-electron chi connectivity index (χ0n) is 12.1. The monoisotopic (exact) mass is 258 g/mol. The molecule has 108 valence electrons. The van der Waals surface area contributed by atoms with Gasteiger partial charge in [-0.05, 0) is 13.3 Å². The van der Waals surface area contributed by atoms with Crippen molar-refractivity contribution < 1.29 is 14.6 Å². The summed E-state index contributed by atoms with van der Waals surface area (Å²) in [7, 11) is 0. The van der Waals surface area contributed by atoms with Crippen LogP contribution in [-0.2, 0) is 9.53 Å². The average Bonchev–Trinajstić information content (AvgIpc) is 2.32. The minimum atomic E-state index is -0.524. The minimum Gasteiger partial charge on any atom is -0.466 e. The summed E-state index contributed by atoms with van der Waals surface area (Å²) in [4.78, 5) is 11.1. The Bertz CT molecular complexity index is 192. The summed E-state index contributed by atoms with van der Waals surface area (Å²) in [6.07, 6.45) is 10.4. The second-order valence-electron chi connectivity index (χ2n) is 4.93. The van der Waals surface area contributed by atoms with Crippen molar-refractivity contribution in [1.29, 1.82) is 0 Å². The first-order valence-electron chi connectivity index (χ1n) is 7.54. The SMILES string of the molecule is CCCCCCCCCCC(O)CC(=O)OCC. The summed E-state index contributed by atoms with van der Waals surface area (Å²) >= 11 is 0. The predicted molar refractivity (Wildman–Crippen MR) is 74.5 cm³/mol. The van der Waals surface area contributed by atoms with Gasteiger partial charge in [0.25, 0.3) is 0 Å². The Hall–Kier alpha value is -0.570. The predicted octanol–water partition coefficient (Wildman–Crippen LogP) is 3.83. The molecular formula is C15H30O3. The van der Waals surface area contributed by atoms with E-state index in [1.165, 1.54) is 38.5 Å². The van der Waals surface area contributed by atoms with Crippen molar-refractivity contribution in [2.45, 2.75) is 84.2 Å². The van der Waals surface area contributed by atoms with Gasteiger partial charge >= 0.3 is 5.97 Å². The van der Waals surface area contributed by atoms with E-state index in [-0.39, 0.29) is 12.4 Å². The molecule has 0 radical (unpaired) electrons. The van der Waals surface area contributed by atoms with Crippen LogP contribution in [0.4, 0.5) is 0 Å². The smallest absolute Gasteiger partial charge is 0.308 e. The molecule has 0 heterocycles. The first-order valence-corrected chi connectivity index (χ1v) is 7.54. The standard InChI is InChI=1S/C15H30O3/c1-3-5-6-7-8-9-10-11-12-14(16)13-15(17)18-4-2/h14,16H,3-13H2,1-2H3. The number of aliphatic hydroxyl groups is 1. The van der Waals surface area contributed by atoms with Gasteiger partial charge in [-0.2, -0.15) is 0 Å². The molecule has 0 fully saturated rings. The second kappa shape index (κ2) is 12.9. The number of hydrogen-bond donors (Lipinski definition) is 1. The van der Waals surface area contributed by atoms with Crippen LogP contribution in [-0.4, -0.2) is 23.8 Å². The number of aliphatic hydroxyl groups excluding tert-OH is 1. The summed E-state index contributed by atoms with van der Waals surface area (Å²) in [5.41, 5.74) is 0. The van der Waals surface area contributed by atoms with Gasteiger partial charge in [0.15, 0.2) is 0 Å². The summed E-state index contributed by atoms with van der Waals surface area (Å²) in [6.45, 7) is 4.40. The van der Waals surface area contributed by atoms with Crippen LogP contribution in [0.1, 0.15) is 78.1 Å². The molecule has 0 aliphatic carbocycles. The number of rotatable bonds is 12. The van der Waals surface area contributed by atoms with Crippen molar-refractivity contribution in [2.75, 3.05) is 6.61 Å². The lowest BCUT2D eigenvalue weighted by Gasteiger charge is -2.09. The Balaban J connectivity index is 3.24. The molecule has 18 heavy (non-hydrogen) atoms. The van der Waals surface area contributed by atoms with E-state index < -0.39 is 6.10 Å². The van der Waals surface area contributed by atoms with Crippen LogP contribution >= 0.6 is 0 Å². The molecule has 3 nitrogen and oxygen atoms in total. The average molecular weight is 258 g/mol. The van der Waals surface area contributed by atoms with Gasteiger partial charge in [0, 0.05) is 0 Å². The van der Waals surface area contributed by atoms with Gasteiger partial charge in [-0.25, -0.2) is 0 Å². The first kappa shape index (κ1) is 17.4. The maximum Gasteiger partial charge on any atom is 0.308 e. The molecule has 0 aliphatic rings. The highest BCUT2D eigenvalue weighted by Crippen LogP contribution is 2.11. The van der Waals surface area contributed by atoms with E-state index in [2.05, 4.69) is 6.92 Å². The number of carbonyl (C=O) groups is 1. The maximum atomic E-state index is 11.1. The van der Waals surface area contributed by atoms with E-state index in [0.717, 1.165) is 12.8 Å². The maximum absolute atomic E-state index is 11.1.